The Morgan fingerprint density at radius 3 is 2.61 bits per heavy atom. The van der Waals surface area contributed by atoms with Crippen LogP contribution in [0.5, 0.6) is 0 Å². The summed E-state index contributed by atoms with van der Waals surface area (Å²) in [6, 6.07) is 10.9. The van der Waals surface area contributed by atoms with Gasteiger partial charge in [0, 0.05) is 37.0 Å². The summed E-state index contributed by atoms with van der Waals surface area (Å²) >= 11 is 0. The number of benzene rings is 1. The molecule has 1 amide bonds. The minimum absolute atomic E-state index is 0.0182. The molecule has 2 aromatic rings. The van der Waals surface area contributed by atoms with E-state index in [1.165, 1.54) is 13.0 Å². The number of amides is 1. The second kappa shape index (κ2) is 10.2. The maximum absolute atomic E-state index is 12.7. The van der Waals surface area contributed by atoms with E-state index in [1.807, 2.05) is 38.1 Å². The summed E-state index contributed by atoms with van der Waals surface area (Å²) in [5, 5.41) is 2.47. The van der Waals surface area contributed by atoms with Crippen molar-refractivity contribution in [2.45, 2.75) is 46.3 Å². The summed E-state index contributed by atoms with van der Waals surface area (Å²) in [5.41, 5.74) is 3.03. The van der Waals surface area contributed by atoms with Crippen LogP contribution in [-0.2, 0) is 25.6 Å². The van der Waals surface area contributed by atoms with E-state index in [2.05, 4.69) is 9.88 Å². The van der Waals surface area contributed by atoms with E-state index in [9.17, 15) is 14.4 Å². The second-order valence-electron chi connectivity index (χ2n) is 7.68. The van der Waals surface area contributed by atoms with Crippen molar-refractivity contribution in [1.82, 2.24) is 9.88 Å². The summed E-state index contributed by atoms with van der Waals surface area (Å²) in [6.45, 7) is 6.21. The standard InChI is InChI=1S/C24H28N2O5/c1-16-12-21(17(2)26(16)14-20-10-7-11-30-20)23(28)15-31-24(29)22(25-18(3)27)13-19-8-5-4-6-9-19/h4-6,8-9,12-13,20H,7,10-11,14-15H2,1-3H3,(H,25,27)/b22-13-. The quantitative estimate of drug-likeness (QED) is 0.400. The van der Waals surface area contributed by atoms with Gasteiger partial charge in [-0.05, 0) is 44.4 Å². The third-order valence-electron chi connectivity index (χ3n) is 5.26. The molecule has 164 valence electrons. The highest BCUT2D eigenvalue weighted by Gasteiger charge is 2.22. The van der Waals surface area contributed by atoms with Gasteiger partial charge in [0.15, 0.2) is 6.61 Å². The van der Waals surface area contributed by atoms with Crippen LogP contribution in [-0.4, -0.2) is 41.5 Å². The van der Waals surface area contributed by atoms with Crippen LogP contribution in [0.15, 0.2) is 42.1 Å². The van der Waals surface area contributed by atoms with Crippen LogP contribution in [0.2, 0.25) is 0 Å². The number of nitrogens with zero attached hydrogens (tertiary/aromatic N) is 1. The van der Waals surface area contributed by atoms with Gasteiger partial charge in [-0.15, -0.1) is 0 Å². The zero-order chi connectivity index (χ0) is 22.4. The Balaban J connectivity index is 1.68. The zero-order valence-electron chi connectivity index (χ0n) is 18.1. The molecule has 1 atom stereocenters. The molecule has 1 unspecified atom stereocenters. The number of ether oxygens (including phenoxy) is 2. The Morgan fingerprint density at radius 2 is 1.97 bits per heavy atom. The number of aryl methyl sites for hydroxylation is 1. The molecule has 1 aliphatic heterocycles. The normalized spacial score (nSPS) is 16.2. The van der Waals surface area contributed by atoms with Crippen LogP contribution in [0.1, 0.15) is 47.1 Å². The molecule has 1 saturated heterocycles. The van der Waals surface area contributed by atoms with Gasteiger partial charge >= 0.3 is 5.97 Å². The Hall–Kier alpha value is -3.19. The van der Waals surface area contributed by atoms with Gasteiger partial charge in [0.2, 0.25) is 11.7 Å². The lowest BCUT2D eigenvalue weighted by molar-refractivity contribution is -0.139. The van der Waals surface area contributed by atoms with Crippen molar-refractivity contribution in [2.75, 3.05) is 13.2 Å². The Morgan fingerprint density at radius 1 is 1.23 bits per heavy atom. The SMILES string of the molecule is CC(=O)N/C(=C\c1ccccc1)C(=O)OCC(=O)c1cc(C)n(CC2CCCO2)c1C. The summed E-state index contributed by atoms with van der Waals surface area (Å²) in [5.74, 6) is -1.45. The topological polar surface area (TPSA) is 86.6 Å². The molecule has 1 aliphatic rings. The molecule has 0 bridgehead atoms. The number of ketones is 1. The Bertz CT molecular complexity index is 985. The van der Waals surface area contributed by atoms with Crippen LogP contribution >= 0.6 is 0 Å². The minimum Gasteiger partial charge on any atom is -0.453 e. The van der Waals surface area contributed by atoms with Crippen LogP contribution < -0.4 is 5.32 Å². The highest BCUT2D eigenvalue weighted by molar-refractivity contribution is 6.02. The van der Waals surface area contributed by atoms with Gasteiger partial charge in [-0.25, -0.2) is 4.79 Å². The number of esters is 1. The van der Waals surface area contributed by atoms with Gasteiger partial charge < -0.3 is 19.4 Å². The first kappa shape index (κ1) is 22.5. The maximum Gasteiger partial charge on any atom is 0.355 e. The van der Waals surface area contributed by atoms with Crippen molar-refractivity contribution < 1.29 is 23.9 Å². The van der Waals surface area contributed by atoms with Crippen molar-refractivity contribution in [3.63, 3.8) is 0 Å². The molecule has 3 rings (SSSR count). The summed E-state index contributed by atoms with van der Waals surface area (Å²) in [4.78, 5) is 36.8. The largest absolute Gasteiger partial charge is 0.453 e. The van der Waals surface area contributed by atoms with Crippen LogP contribution in [0, 0.1) is 13.8 Å². The van der Waals surface area contributed by atoms with Gasteiger partial charge in [0.25, 0.3) is 0 Å². The average Bonchev–Trinajstić information content (AvgIpc) is 3.35. The van der Waals surface area contributed by atoms with Crippen molar-refractivity contribution in [2.24, 2.45) is 0 Å². The third-order valence-corrected chi connectivity index (χ3v) is 5.26. The van der Waals surface area contributed by atoms with Gasteiger partial charge in [0.1, 0.15) is 5.70 Å². The fourth-order valence-corrected chi connectivity index (χ4v) is 3.69. The van der Waals surface area contributed by atoms with Crippen molar-refractivity contribution >= 4 is 23.7 Å². The maximum atomic E-state index is 12.7. The minimum atomic E-state index is -0.763. The zero-order valence-corrected chi connectivity index (χ0v) is 18.1. The first-order chi connectivity index (χ1) is 14.8. The number of hydrogen-bond donors (Lipinski definition) is 1. The lowest BCUT2D eigenvalue weighted by Gasteiger charge is -2.14. The molecule has 2 heterocycles. The molecular formula is C24H28N2O5. The monoisotopic (exact) mass is 424 g/mol. The van der Waals surface area contributed by atoms with E-state index in [-0.39, 0.29) is 17.6 Å². The van der Waals surface area contributed by atoms with E-state index < -0.39 is 18.5 Å². The summed E-state index contributed by atoms with van der Waals surface area (Å²) in [6.07, 6.45) is 3.74. The molecule has 31 heavy (non-hydrogen) atoms. The predicted molar refractivity (Wildman–Crippen MR) is 116 cm³/mol. The van der Waals surface area contributed by atoms with E-state index >= 15 is 0 Å². The van der Waals surface area contributed by atoms with E-state index in [4.69, 9.17) is 9.47 Å². The molecule has 0 aliphatic carbocycles. The highest BCUT2D eigenvalue weighted by Crippen LogP contribution is 2.21. The molecule has 7 heteroatoms. The molecule has 0 radical (unpaired) electrons. The third kappa shape index (κ3) is 5.92. The highest BCUT2D eigenvalue weighted by atomic mass is 16.5. The average molecular weight is 424 g/mol. The smallest absolute Gasteiger partial charge is 0.355 e. The van der Waals surface area contributed by atoms with Crippen molar-refractivity contribution in [1.29, 1.82) is 0 Å². The van der Waals surface area contributed by atoms with Gasteiger partial charge in [-0.3, -0.25) is 9.59 Å². The van der Waals surface area contributed by atoms with Crippen LogP contribution in [0.4, 0.5) is 0 Å². The number of Topliss-reactive ketones (excluding diaryl/α,β-unsaturated/α-hetero) is 1. The number of rotatable bonds is 8. The second-order valence-corrected chi connectivity index (χ2v) is 7.68. The van der Waals surface area contributed by atoms with E-state index in [0.717, 1.165) is 36.4 Å². The number of hydrogen-bond acceptors (Lipinski definition) is 5. The Kier molecular flexibility index (Phi) is 7.41. The predicted octanol–water partition coefficient (Wildman–Crippen LogP) is 3.19. The molecule has 1 aromatic heterocycles. The fraction of sp³-hybridized carbons (Fsp3) is 0.375. The molecule has 0 saturated carbocycles. The van der Waals surface area contributed by atoms with Crippen molar-refractivity contribution in [3.8, 4) is 0 Å². The molecule has 1 N–H and O–H groups in total. The summed E-state index contributed by atoms with van der Waals surface area (Å²) < 4.78 is 13.0. The van der Waals surface area contributed by atoms with Gasteiger partial charge in [0.05, 0.1) is 6.10 Å². The fourth-order valence-electron chi connectivity index (χ4n) is 3.69. The molecule has 1 fully saturated rings. The first-order valence-corrected chi connectivity index (χ1v) is 10.4. The van der Waals surface area contributed by atoms with Crippen LogP contribution in [0.3, 0.4) is 0 Å². The van der Waals surface area contributed by atoms with Gasteiger partial charge in [-0.1, -0.05) is 30.3 Å². The number of carbonyl (C=O) groups is 3. The van der Waals surface area contributed by atoms with E-state index in [0.29, 0.717) is 12.1 Å². The molecule has 0 spiro atoms. The molecule has 1 aromatic carbocycles. The number of carbonyl (C=O) groups excluding carboxylic acids is 3. The summed E-state index contributed by atoms with van der Waals surface area (Å²) in [7, 11) is 0. The lowest BCUT2D eigenvalue weighted by Crippen LogP contribution is -2.27. The molecule has 7 nitrogen and oxygen atoms in total. The molecular weight excluding hydrogens is 396 g/mol. The van der Waals surface area contributed by atoms with E-state index in [1.54, 1.807) is 12.1 Å². The first-order valence-electron chi connectivity index (χ1n) is 10.4. The number of aromatic nitrogens is 1. The van der Waals surface area contributed by atoms with Crippen LogP contribution in [0.25, 0.3) is 6.08 Å². The number of nitrogens with one attached hydrogen (secondary N) is 1. The Labute approximate surface area is 182 Å². The van der Waals surface area contributed by atoms with Gasteiger partial charge in [-0.2, -0.15) is 0 Å². The lowest BCUT2D eigenvalue weighted by atomic mass is 10.1. The van der Waals surface area contributed by atoms with Crippen molar-refractivity contribution in [3.05, 3.63) is 64.6 Å².